The number of nitrogens with one attached hydrogen (secondary N) is 2. The molecular formula is C56H73ClN8O8S2. The number of piperazine rings is 2. The topological polar surface area (TPSA) is 170 Å². The molecule has 2 unspecified atom stereocenters. The average molecular weight is 1090 g/mol. The van der Waals surface area contributed by atoms with E-state index in [4.69, 9.17) is 21.1 Å². The third kappa shape index (κ3) is 15.9. The molecule has 4 aromatic carbocycles. The fraction of sp³-hybridized carbons (Fsp3) is 0.500. The summed E-state index contributed by atoms with van der Waals surface area (Å²) in [5.74, 6) is -0.205. The van der Waals surface area contributed by atoms with E-state index in [1.807, 2.05) is 80.3 Å². The molecule has 0 bridgehead atoms. The summed E-state index contributed by atoms with van der Waals surface area (Å²) in [6.07, 6.45) is 4.41. The lowest BCUT2D eigenvalue weighted by atomic mass is 9.71. The lowest BCUT2D eigenvalue weighted by molar-refractivity contribution is -0.384. The number of sulfonamides is 1. The van der Waals surface area contributed by atoms with Crippen molar-refractivity contribution in [2.45, 2.75) is 81.2 Å². The van der Waals surface area contributed by atoms with Crippen LogP contribution in [0.4, 0.5) is 21.9 Å². The van der Waals surface area contributed by atoms with Crippen molar-refractivity contribution in [3.8, 4) is 0 Å². The second-order valence-electron chi connectivity index (χ2n) is 21.6. The first kappa shape index (κ1) is 56.0. The number of ether oxygens (including phenoxy) is 2. The summed E-state index contributed by atoms with van der Waals surface area (Å²) in [4.78, 5) is 50.2. The lowest BCUT2D eigenvalue weighted by Gasteiger charge is -2.44. The van der Waals surface area contributed by atoms with E-state index in [9.17, 15) is 28.1 Å². The maximum atomic E-state index is 13.6. The van der Waals surface area contributed by atoms with Gasteiger partial charge in [0.1, 0.15) is 11.3 Å². The van der Waals surface area contributed by atoms with Crippen LogP contribution in [0.2, 0.25) is 5.02 Å². The van der Waals surface area contributed by atoms with Gasteiger partial charge in [0.05, 0.1) is 16.4 Å². The normalized spacial score (nSPS) is 20.1. The summed E-state index contributed by atoms with van der Waals surface area (Å²) in [5, 5.41) is 16.5. The first-order chi connectivity index (χ1) is 35.9. The SMILES string of the molecule is CC1(CN2CCN(C(=O)OC(C)(C)C)CC2)CCC(c2ccc(Cl)cc2)=C(CN2CCN(c3ccc(C(=O)NS(=O)(=O)c4ccc(NC(CCN5CCCOCC5)CSc5ccccc5)c([N+](=O)[O-])c4)cc3)CC2)C1. The van der Waals surface area contributed by atoms with E-state index >= 15 is 0 Å². The average Bonchev–Trinajstić information content (AvgIpc) is 3.67. The second-order valence-corrected chi connectivity index (χ2v) is 24.8. The maximum Gasteiger partial charge on any atom is 0.410 e. The van der Waals surface area contributed by atoms with Gasteiger partial charge in [-0.2, -0.15) is 0 Å². The Hall–Kier alpha value is -5.21. The molecule has 0 aromatic heterocycles. The van der Waals surface area contributed by atoms with Crippen LogP contribution in [-0.4, -0.2) is 161 Å². The van der Waals surface area contributed by atoms with Crippen LogP contribution in [0, 0.1) is 15.5 Å². The Labute approximate surface area is 452 Å². The first-order valence-electron chi connectivity index (χ1n) is 26.2. The van der Waals surface area contributed by atoms with Gasteiger partial charge in [-0.1, -0.05) is 54.4 Å². The maximum absolute atomic E-state index is 13.6. The standard InChI is InChI=1S/C56H73ClN8O8S2/c1-55(2,3)73-54(67)64-32-28-62(29-33-64)41-56(4)23-21-50(42-11-15-45(57)16-12-42)44(38-56)39-61-26-30-63(31-27-61)47-17-13-43(14-18-47)53(66)59-75(70,71)49-19-20-51(52(37-49)65(68)69)58-46(40-74-48-9-6-5-7-10-48)22-25-60-24-8-35-72-36-34-60/h5-7,9-20,37,46,58H,8,21-36,38-41H2,1-4H3,(H,59,66). The first-order valence-corrected chi connectivity index (χ1v) is 29.1. The van der Waals surface area contributed by atoms with Crippen LogP contribution in [0.15, 0.2) is 112 Å². The molecule has 2 amide bonds. The summed E-state index contributed by atoms with van der Waals surface area (Å²) < 4.78 is 40.7. The van der Waals surface area contributed by atoms with Gasteiger partial charge in [-0.05, 0) is 130 Å². The van der Waals surface area contributed by atoms with Crippen LogP contribution in [0.1, 0.15) is 75.7 Å². The van der Waals surface area contributed by atoms with Crippen molar-refractivity contribution in [1.29, 1.82) is 0 Å². The highest BCUT2D eigenvalue weighted by atomic mass is 35.5. The zero-order valence-electron chi connectivity index (χ0n) is 43.8. The molecule has 4 aromatic rings. The number of thioether (sulfide) groups is 1. The molecule has 0 radical (unpaired) electrons. The summed E-state index contributed by atoms with van der Waals surface area (Å²) in [6.45, 7) is 20.0. The number of allylic oxidation sites excluding steroid dienone is 1. The number of hydrogen-bond donors (Lipinski definition) is 2. The van der Waals surface area contributed by atoms with Crippen LogP contribution >= 0.6 is 23.4 Å². The second kappa shape index (κ2) is 25.3. The molecule has 404 valence electrons. The number of nitro groups is 1. The number of anilines is 2. The highest BCUT2D eigenvalue weighted by Gasteiger charge is 2.36. The molecule has 3 heterocycles. The van der Waals surface area contributed by atoms with Crippen molar-refractivity contribution in [2.75, 3.05) is 114 Å². The molecule has 0 saturated carbocycles. The van der Waals surface area contributed by atoms with Crippen molar-refractivity contribution in [3.05, 3.63) is 129 Å². The Morgan fingerprint density at radius 1 is 0.867 bits per heavy atom. The summed E-state index contributed by atoms with van der Waals surface area (Å²) in [6, 6.07) is 28.6. The molecular weight excluding hydrogens is 1010 g/mol. The van der Waals surface area contributed by atoms with Gasteiger partial charge in [0.25, 0.3) is 21.6 Å². The minimum absolute atomic E-state index is 0.0732. The van der Waals surface area contributed by atoms with E-state index < -0.39 is 32.1 Å². The number of nitro benzene ring substituents is 1. The van der Waals surface area contributed by atoms with Crippen molar-refractivity contribution in [3.63, 3.8) is 0 Å². The smallest absolute Gasteiger partial charge is 0.410 e. The molecule has 2 atom stereocenters. The van der Waals surface area contributed by atoms with E-state index in [1.165, 1.54) is 28.8 Å². The van der Waals surface area contributed by atoms with Gasteiger partial charge >= 0.3 is 6.09 Å². The molecule has 0 spiro atoms. The fourth-order valence-electron chi connectivity index (χ4n) is 10.5. The number of carbonyl (C=O) groups is 2. The minimum atomic E-state index is -4.48. The van der Waals surface area contributed by atoms with Gasteiger partial charge < -0.3 is 29.5 Å². The van der Waals surface area contributed by atoms with E-state index in [0.717, 1.165) is 121 Å². The van der Waals surface area contributed by atoms with Gasteiger partial charge in [0, 0.05) is 131 Å². The van der Waals surface area contributed by atoms with E-state index in [1.54, 1.807) is 23.9 Å². The van der Waals surface area contributed by atoms with Crippen molar-refractivity contribution >= 4 is 68.0 Å². The van der Waals surface area contributed by atoms with Gasteiger partial charge in [-0.3, -0.25) is 24.7 Å². The third-order valence-corrected chi connectivity index (χ3v) is 17.3. The van der Waals surface area contributed by atoms with Gasteiger partial charge in [0.15, 0.2) is 0 Å². The monoisotopic (exact) mass is 1080 g/mol. The van der Waals surface area contributed by atoms with E-state index in [0.29, 0.717) is 36.9 Å². The Balaban J connectivity index is 0.865. The van der Waals surface area contributed by atoms with Crippen LogP contribution in [0.3, 0.4) is 0 Å². The third-order valence-electron chi connectivity index (χ3n) is 14.5. The number of halogens is 1. The summed E-state index contributed by atoms with van der Waals surface area (Å²) >= 11 is 7.98. The molecule has 2 N–H and O–H groups in total. The number of carbonyl (C=O) groups excluding carboxylic acids is 2. The Morgan fingerprint density at radius 2 is 1.57 bits per heavy atom. The molecule has 1 aliphatic carbocycles. The summed E-state index contributed by atoms with van der Waals surface area (Å²) in [7, 11) is -4.48. The number of hydrogen-bond acceptors (Lipinski definition) is 14. The minimum Gasteiger partial charge on any atom is -0.444 e. The van der Waals surface area contributed by atoms with Gasteiger partial charge in [-0.15, -0.1) is 11.8 Å². The zero-order valence-corrected chi connectivity index (χ0v) is 46.2. The molecule has 3 aliphatic heterocycles. The quantitative estimate of drug-likeness (QED) is 0.0549. The Kier molecular flexibility index (Phi) is 18.9. The van der Waals surface area contributed by atoms with Crippen LogP contribution in [-0.2, 0) is 19.5 Å². The molecule has 4 aliphatic rings. The predicted molar refractivity (Wildman–Crippen MR) is 298 cm³/mol. The van der Waals surface area contributed by atoms with Crippen molar-refractivity contribution in [2.24, 2.45) is 5.41 Å². The Bertz CT molecular complexity index is 2720. The largest absolute Gasteiger partial charge is 0.444 e. The van der Waals surface area contributed by atoms with Gasteiger partial charge in [0.2, 0.25) is 0 Å². The number of rotatable bonds is 18. The highest BCUT2D eigenvalue weighted by Crippen LogP contribution is 2.44. The molecule has 3 saturated heterocycles. The zero-order chi connectivity index (χ0) is 53.2. The predicted octanol–water partition coefficient (Wildman–Crippen LogP) is 9.37. The van der Waals surface area contributed by atoms with Crippen molar-refractivity contribution in [1.82, 2.24) is 24.3 Å². The molecule has 16 nitrogen and oxygen atoms in total. The van der Waals surface area contributed by atoms with Crippen LogP contribution in [0.5, 0.6) is 0 Å². The van der Waals surface area contributed by atoms with E-state index in [2.05, 4.69) is 48.7 Å². The molecule has 19 heteroatoms. The number of nitrogens with zero attached hydrogens (tertiary/aromatic N) is 6. The van der Waals surface area contributed by atoms with E-state index in [-0.39, 0.29) is 33.7 Å². The molecule has 3 fully saturated rings. The summed E-state index contributed by atoms with van der Waals surface area (Å²) in [5.41, 5.74) is 4.50. The van der Waals surface area contributed by atoms with Crippen LogP contribution < -0.4 is 14.9 Å². The fourth-order valence-corrected chi connectivity index (χ4v) is 12.6. The highest BCUT2D eigenvalue weighted by molar-refractivity contribution is 7.99. The number of benzene rings is 4. The number of amides is 2. The molecule has 8 rings (SSSR count). The van der Waals surface area contributed by atoms with Crippen molar-refractivity contribution < 1.29 is 32.4 Å². The molecule has 75 heavy (non-hydrogen) atoms. The lowest BCUT2D eigenvalue weighted by Crippen LogP contribution is -2.52. The van der Waals surface area contributed by atoms with Gasteiger partial charge in [-0.25, -0.2) is 17.9 Å². The Morgan fingerprint density at radius 3 is 2.27 bits per heavy atom. The van der Waals surface area contributed by atoms with Crippen LogP contribution in [0.25, 0.3) is 5.57 Å².